The molecule has 62 heavy (non-hydrogen) atoms. The first-order chi connectivity index (χ1) is 30.6. The van der Waals surface area contributed by atoms with Crippen molar-refractivity contribution < 1.29 is 16.8 Å². The molecule has 2 heterocycles. The molecule has 298 valence electrons. The predicted octanol–water partition coefficient (Wildman–Crippen LogP) is 17.3. The molecule has 0 aliphatic rings. The Kier molecular flexibility index (Phi) is 8.64. The van der Waals surface area contributed by atoms with Gasteiger partial charge in [0.1, 0.15) is 22.3 Å². The van der Waals surface area contributed by atoms with Crippen LogP contribution in [0.5, 0.6) is 0 Å². The smallest absolute Gasteiger partial charge is 0.363 e. The van der Waals surface area contributed by atoms with Crippen molar-refractivity contribution in [2.24, 2.45) is 0 Å². The Labute approximate surface area is 358 Å². The molecule has 0 bridgehead atoms. The largest absolute Gasteiger partial charge is 0.403 e. The SMILES string of the molecule is Cc1ccccc1N(N(c1ccccc1C)p1oc2ccc3ccccc3c2c2c(ccc3ccccc32)o1)p1oc2ccc3ccccc3c2c2c(ccc3ccccc32)o1. The molecular weight excluding hydrogens is 803 g/mol. The van der Waals surface area contributed by atoms with E-state index in [1.807, 2.05) is 0 Å². The minimum Gasteiger partial charge on any atom is -0.403 e. The third kappa shape index (κ3) is 5.87. The van der Waals surface area contributed by atoms with Gasteiger partial charge in [-0.25, -0.2) is 0 Å². The molecule has 0 saturated carbocycles. The van der Waals surface area contributed by atoms with E-state index in [0.29, 0.717) is 0 Å². The molecule has 2 aromatic heterocycles. The highest BCUT2D eigenvalue weighted by atomic mass is 31.1. The molecule has 0 amide bonds. The number of aryl methyl sites for hydroxylation is 2. The van der Waals surface area contributed by atoms with Crippen LogP contribution in [0.1, 0.15) is 11.1 Å². The van der Waals surface area contributed by atoms with Crippen molar-refractivity contribution in [3.63, 3.8) is 0 Å². The third-order valence-electron chi connectivity index (χ3n) is 11.9. The second kappa shape index (κ2) is 14.7. The van der Waals surface area contributed by atoms with E-state index >= 15 is 0 Å². The predicted molar refractivity (Wildman–Crippen MR) is 261 cm³/mol. The summed E-state index contributed by atoms with van der Waals surface area (Å²) in [4.78, 5) is 0. The standard InChI is InChI=1S/C54H38N2O4P2/c1-35-15-3-13-25-45(35)55(61-57-47-31-27-37-17-5-9-21-41(37)51(47)52-42-22-10-6-18-38(42)28-32-48(52)58-61)56(46-26-14-4-16-36(46)2)62-59-49-33-29-39-19-7-11-23-43(39)53(49)54-44-24-12-8-20-40(44)30-34-50(54)60-62/h3-34H,1-2H3. The van der Waals surface area contributed by atoms with Gasteiger partial charge in [-0.15, -0.1) is 0 Å². The van der Waals surface area contributed by atoms with Crippen molar-refractivity contribution in [2.45, 2.75) is 13.8 Å². The normalized spacial score (nSPS) is 11.7. The fourth-order valence-corrected chi connectivity index (χ4v) is 12.3. The summed E-state index contributed by atoms with van der Waals surface area (Å²) < 4.78 is 34.0. The summed E-state index contributed by atoms with van der Waals surface area (Å²) in [5, 5.41) is 12.9. The lowest BCUT2D eigenvalue weighted by molar-refractivity contribution is 0.618. The first-order valence-corrected chi connectivity index (χ1v) is 23.0. The molecule has 0 spiro atoms. The number of hydrogen-bond donors (Lipinski definition) is 0. The summed E-state index contributed by atoms with van der Waals surface area (Å²) in [6.07, 6.45) is 0. The maximum atomic E-state index is 7.41. The summed E-state index contributed by atoms with van der Waals surface area (Å²) >= 11 is 0. The fraction of sp³-hybridized carbons (Fsp3) is 0.0370. The van der Waals surface area contributed by atoms with Crippen molar-refractivity contribution in [3.05, 3.63) is 205 Å². The van der Waals surface area contributed by atoms with Crippen molar-refractivity contribution in [2.75, 3.05) is 9.56 Å². The average molecular weight is 841 g/mol. The maximum absolute atomic E-state index is 7.41. The molecule has 10 aromatic carbocycles. The van der Waals surface area contributed by atoms with Gasteiger partial charge in [-0.2, -0.15) is 9.56 Å². The lowest BCUT2D eigenvalue weighted by Gasteiger charge is -2.33. The van der Waals surface area contributed by atoms with Gasteiger partial charge in [-0.05, 0) is 104 Å². The van der Waals surface area contributed by atoms with Crippen LogP contribution in [-0.2, 0) is 0 Å². The lowest BCUT2D eigenvalue weighted by Crippen LogP contribution is -2.32. The quantitative estimate of drug-likeness (QED) is 0.161. The third-order valence-corrected chi connectivity index (χ3v) is 14.9. The summed E-state index contributed by atoms with van der Waals surface area (Å²) in [6, 6.07) is 67.7. The minimum absolute atomic E-state index is 0.734. The van der Waals surface area contributed by atoms with Gasteiger partial charge in [0.05, 0.1) is 11.4 Å². The minimum atomic E-state index is -2.02. The number of rotatable bonds is 5. The zero-order chi connectivity index (χ0) is 41.3. The van der Waals surface area contributed by atoms with Crippen LogP contribution in [0.15, 0.2) is 211 Å². The number of para-hydroxylation sites is 2. The van der Waals surface area contributed by atoms with Crippen LogP contribution >= 0.6 is 16.3 Å². The van der Waals surface area contributed by atoms with Gasteiger partial charge in [0.25, 0.3) is 0 Å². The van der Waals surface area contributed by atoms with E-state index in [1.54, 1.807) is 0 Å². The van der Waals surface area contributed by atoms with Crippen LogP contribution in [0.4, 0.5) is 11.4 Å². The van der Waals surface area contributed by atoms with Crippen molar-refractivity contribution in [1.29, 1.82) is 0 Å². The van der Waals surface area contributed by atoms with E-state index in [1.165, 1.54) is 0 Å². The Morgan fingerprint density at radius 1 is 0.290 bits per heavy atom. The number of hydrazine groups is 1. The lowest BCUT2D eigenvalue weighted by atomic mass is 9.99. The van der Waals surface area contributed by atoms with Crippen LogP contribution in [0.3, 0.4) is 0 Å². The van der Waals surface area contributed by atoms with Crippen molar-refractivity contribution in [3.8, 4) is 0 Å². The Morgan fingerprint density at radius 3 is 0.839 bits per heavy atom. The number of anilines is 2. The summed E-state index contributed by atoms with van der Waals surface area (Å²) in [7, 11) is -4.05. The van der Waals surface area contributed by atoms with E-state index < -0.39 is 16.3 Å². The molecule has 0 saturated heterocycles. The van der Waals surface area contributed by atoms with Gasteiger partial charge in [-0.1, -0.05) is 158 Å². The summed E-state index contributed by atoms with van der Waals surface area (Å²) in [5.41, 5.74) is 6.79. The van der Waals surface area contributed by atoms with Gasteiger partial charge >= 0.3 is 16.3 Å². The molecule has 8 heteroatoms. The van der Waals surface area contributed by atoms with Gasteiger partial charge in [0, 0.05) is 21.5 Å². The zero-order valence-corrected chi connectivity index (χ0v) is 35.7. The molecule has 0 aliphatic carbocycles. The Morgan fingerprint density at radius 2 is 0.548 bits per heavy atom. The second-order valence-corrected chi connectivity index (χ2v) is 18.1. The van der Waals surface area contributed by atoms with Crippen LogP contribution < -0.4 is 9.56 Å². The second-order valence-electron chi connectivity index (χ2n) is 15.6. The molecule has 6 nitrogen and oxygen atoms in total. The monoisotopic (exact) mass is 840 g/mol. The fourth-order valence-electron chi connectivity index (χ4n) is 8.96. The highest BCUT2D eigenvalue weighted by molar-refractivity contribution is 7.45. The van der Waals surface area contributed by atoms with Crippen LogP contribution in [0.25, 0.3) is 87.0 Å². The first-order valence-electron chi connectivity index (χ1n) is 20.7. The first kappa shape index (κ1) is 36.5. The molecular formula is C54H38N2O4P2. The molecule has 0 unspecified atom stereocenters. The molecule has 0 fully saturated rings. The molecule has 12 rings (SSSR count). The van der Waals surface area contributed by atoms with E-state index in [-0.39, 0.29) is 0 Å². The molecule has 12 aromatic rings. The Bertz CT molecular complexity index is 3390. The summed E-state index contributed by atoms with van der Waals surface area (Å²) in [6.45, 7) is 4.25. The molecule has 0 atom stereocenters. The Hall–Kier alpha value is -7.36. The van der Waals surface area contributed by atoms with Crippen molar-refractivity contribution >= 4 is 115 Å². The van der Waals surface area contributed by atoms with E-state index in [9.17, 15) is 0 Å². The molecule has 0 N–H and O–H groups in total. The van der Waals surface area contributed by atoms with E-state index in [0.717, 1.165) is 109 Å². The van der Waals surface area contributed by atoms with Crippen LogP contribution in [-0.4, -0.2) is 0 Å². The molecule has 0 aliphatic heterocycles. The van der Waals surface area contributed by atoms with Gasteiger partial charge in [0.15, 0.2) is 0 Å². The van der Waals surface area contributed by atoms with E-state index in [4.69, 9.17) is 16.8 Å². The van der Waals surface area contributed by atoms with E-state index in [2.05, 4.69) is 218 Å². The summed E-state index contributed by atoms with van der Waals surface area (Å²) in [5.74, 6) is 0. The number of nitrogens with zero attached hydrogens (tertiary/aromatic N) is 2. The number of fused-ring (bicyclic) bond motifs is 14. The topological polar surface area (TPSA) is 59.0 Å². The number of hydrogen-bond acceptors (Lipinski definition) is 6. The average Bonchev–Trinajstić information content (AvgIpc) is 3.60. The van der Waals surface area contributed by atoms with Gasteiger partial charge in [-0.3, -0.25) is 0 Å². The maximum Gasteiger partial charge on any atom is 0.363 e. The highest BCUT2D eigenvalue weighted by Gasteiger charge is 2.32. The van der Waals surface area contributed by atoms with Gasteiger partial charge < -0.3 is 16.8 Å². The highest BCUT2D eigenvalue weighted by Crippen LogP contribution is 2.53. The number of benzene rings is 10. The van der Waals surface area contributed by atoms with Gasteiger partial charge in [0.2, 0.25) is 0 Å². The zero-order valence-electron chi connectivity index (χ0n) is 33.9. The van der Waals surface area contributed by atoms with Crippen LogP contribution in [0.2, 0.25) is 0 Å². The molecule has 0 radical (unpaired) electrons. The van der Waals surface area contributed by atoms with Crippen LogP contribution in [0, 0.1) is 13.8 Å². The van der Waals surface area contributed by atoms with Crippen molar-refractivity contribution in [1.82, 2.24) is 0 Å². The Balaban J connectivity index is 1.26.